The minimum atomic E-state index is -4.59. The fourth-order valence-electron chi connectivity index (χ4n) is 4.26. The van der Waals surface area contributed by atoms with Crippen LogP contribution in [0.2, 0.25) is 10.0 Å². The van der Waals surface area contributed by atoms with Crippen molar-refractivity contribution < 1.29 is 17.3 Å². The second kappa shape index (κ2) is 7.05. The SMILES string of the molecule is Cc1noc(C(F)(C2Cc3[nH]c4ccc(Cl)cc4c3C2)S(=O)(=O)c2cccc(Cl)c2)n1. The number of nitrogens with one attached hydrogen (secondary N) is 1. The molecule has 31 heavy (non-hydrogen) atoms. The molecule has 0 radical (unpaired) electrons. The maximum Gasteiger partial charge on any atom is 0.295 e. The van der Waals surface area contributed by atoms with Crippen molar-refractivity contribution >= 4 is 43.9 Å². The fraction of sp³-hybridized carbons (Fsp3) is 0.238. The molecule has 1 N–H and O–H groups in total. The van der Waals surface area contributed by atoms with Gasteiger partial charge in [-0.2, -0.15) is 4.98 Å². The molecule has 1 aliphatic carbocycles. The number of aromatic nitrogens is 3. The van der Waals surface area contributed by atoms with Crippen LogP contribution in [0.15, 0.2) is 51.9 Å². The van der Waals surface area contributed by atoms with E-state index in [9.17, 15) is 8.42 Å². The molecule has 10 heteroatoms. The maximum absolute atomic E-state index is 16.9. The van der Waals surface area contributed by atoms with E-state index < -0.39 is 26.6 Å². The van der Waals surface area contributed by atoms with Crippen LogP contribution in [0.3, 0.4) is 0 Å². The zero-order valence-corrected chi connectivity index (χ0v) is 18.5. The Kier molecular flexibility index (Phi) is 4.66. The summed E-state index contributed by atoms with van der Waals surface area (Å²) in [6.07, 6.45) is 0.312. The Bertz CT molecular complexity index is 1430. The number of sulfone groups is 1. The van der Waals surface area contributed by atoms with Crippen molar-refractivity contribution in [1.82, 2.24) is 15.1 Å². The summed E-state index contributed by atoms with van der Waals surface area (Å²) < 4.78 is 49.2. The average molecular weight is 480 g/mol. The first-order valence-corrected chi connectivity index (χ1v) is 11.7. The van der Waals surface area contributed by atoms with Crippen LogP contribution in [0, 0.1) is 12.8 Å². The number of rotatable bonds is 4. The molecule has 0 fully saturated rings. The summed E-state index contributed by atoms with van der Waals surface area (Å²) in [5.41, 5.74) is 2.47. The van der Waals surface area contributed by atoms with Crippen LogP contribution in [0.25, 0.3) is 10.9 Å². The van der Waals surface area contributed by atoms with Gasteiger partial charge in [-0.05, 0) is 61.7 Å². The second-order valence-electron chi connectivity index (χ2n) is 7.63. The maximum atomic E-state index is 16.9. The molecule has 2 heterocycles. The summed E-state index contributed by atoms with van der Waals surface area (Å²) in [6.45, 7) is 1.51. The molecule has 6 nitrogen and oxygen atoms in total. The highest BCUT2D eigenvalue weighted by atomic mass is 35.5. The van der Waals surface area contributed by atoms with Gasteiger partial charge in [-0.3, -0.25) is 0 Å². The number of aryl methyl sites for hydroxylation is 1. The van der Waals surface area contributed by atoms with Gasteiger partial charge >= 0.3 is 0 Å². The molecular formula is C21H16Cl2FN3O3S. The number of alkyl halides is 1. The Labute approximate surface area is 187 Å². The van der Waals surface area contributed by atoms with Crippen LogP contribution >= 0.6 is 23.2 Å². The lowest BCUT2D eigenvalue weighted by Gasteiger charge is -2.27. The van der Waals surface area contributed by atoms with Crippen molar-refractivity contribution in [3.05, 3.63) is 75.5 Å². The zero-order valence-electron chi connectivity index (χ0n) is 16.2. The van der Waals surface area contributed by atoms with E-state index in [-0.39, 0.29) is 28.6 Å². The Morgan fingerprint density at radius 3 is 2.65 bits per heavy atom. The Hall–Kier alpha value is -2.42. The van der Waals surface area contributed by atoms with E-state index >= 15 is 4.39 Å². The van der Waals surface area contributed by atoms with Gasteiger partial charge in [0.15, 0.2) is 5.82 Å². The number of benzene rings is 2. The molecule has 2 aromatic heterocycles. The van der Waals surface area contributed by atoms with E-state index in [2.05, 4.69) is 15.1 Å². The molecule has 0 saturated heterocycles. The lowest BCUT2D eigenvalue weighted by atomic mass is 9.98. The van der Waals surface area contributed by atoms with Crippen molar-refractivity contribution in [3.63, 3.8) is 0 Å². The summed E-state index contributed by atoms with van der Waals surface area (Å²) in [7, 11) is -4.59. The lowest BCUT2D eigenvalue weighted by Crippen LogP contribution is -2.40. The van der Waals surface area contributed by atoms with Gasteiger partial charge in [-0.1, -0.05) is 34.4 Å². The highest BCUT2D eigenvalue weighted by molar-refractivity contribution is 7.92. The van der Waals surface area contributed by atoms with Crippen LogP contribution in [-0.4, -0.2) is 23.5 Å². The van der Waals surface area contributed by atoms with Crippen molar-refractivity contribution in [1.29, 1.82) is 0 Å². The number of hydrogen-bond donors (Lipinski definition) is 1. The molecule has 2 aromatic carbocycles. The summed E-state index contributed by atoms with van der Waals surface area (Å²) in [5, 5.41) is 2.26. The van der Waals surface area contributed by atoms with Crippen molar-refractivity contribution in [3.8, 4) is 0 Å². The minimum absolute atomic E-state index is 0.145. The number of fused-ring (bicyclic) bond motifs is 3. The Morgan fingerprint density at radius 2 is 1.94 bits per heavy atom. The van der Waals surface area contributed by atoms with E-state index in [1.807, 2.05) is 6.07 Å². The first-order chi connectivity index (χ1) is 14.7. The third-order valence-electron chi connectivity index (χ3n) is 5.70. The minimum Gasteiger partial charge on any atom is -0.358 e. The summed E-state index contributed by atoms with van der Waals surface area (Å²) in [4.78, 5) is 6.98. The Morgan fingerprint density at radius 1 is 1.16 bits per heavy atom. The quantitative estimate of drug-likeness (QED) is 0.435. The van der Waals surface area contributed by atoms with Crippen LogP contribution in [0.4, 0.5) is 4.39 Å². The van der Waals surface area contributed by atoms with Gasteiger partial charge in [-0.25, -0.2) is 12.8 Å². The van der Waals surface area contributed by atoms with E-state index in [4.69, 9.17) is 27.7 Å². The summed E-state index contributed by atoms with van der Waals surface area (Å²) >= 11 is 12.1. The number of H-pyrrole nitrogens is 1. The molecule has 0 amide bonds. The van der Waals surface area contributed by atoms with E-state index in [0.29, 0.717) is 5.02 Å². The number of hydrogen-bond acceptors (Lipinski definition) is 5. The molecule has 0 saturated carbocycles. The van der Waals surface area contributed by atoms with Gasteiger partial charge in [0.1, 0.15) is 0 Å². The third kappa shape index (κ3) is 3.08. The zero-order chi connectivity index (χ0) is 22.0. The highest BCUT2D eigenvalue weighted by Gasteiger charge is 2.59. The molecule has 4 aromatic rings. The number of halogens is 3. The van der Waals surface area contributed by atoms with Crippen molar-refractivity contribution in [2.45, 2.75) is 29.7 Å². The molecule has 0 spiro atoms. The fourth-order valence-corrected chi connectivity index (χ4v) is 6.49. The highest BCUT2D eigenvalue weighted by Crippen LogP contribution is 2.49. The second-order valence-corrected chi connectivity index (χ2v) is 10.6. The number of nitrogens with zero attached hydrogens (tertiary/aromatic N) is 2. The predicted molar refractivity (Wildman–Crippen MR) is 115 cm³/mol. The molecule has 160 valence electrons. The number of aromatic amines is 1. The predicted octanol–water partition coefficient (Wildman–Crippen LogP) is 5.18. The van der Waals surface area contributed by atoms with Gasteiger partial charge in [0, 0.05) is 32.6 Å². The summed E-state index contributed by atoms with van der Waals surface area (Å²) in [6, 6.07) is 10.9. The van der Waals surface area contributed by atoms with E-state index in [0.717, 1.165) is 22.2 Å². The lowest BCUT2D eigenvalue weighted by molar-refractivity contribution is 0.128. The van der Waals surface area contributed by atoms with Crippen molar-refractivity contribution in [2.75, 3.05) is 0 Å². The normalized spacial score (nSPS) is 18.3. The van der Waals surface area contributed by atoms with Crippen LogP contribution in [0.1, 0.15) is 23.0 Å². The largest absolute Gasteiger partial charge is 0.358 e. The topological polar surface area (TPSA) is 88.9 Å². The van der Waals surface area contributed by atoms with Gasteiger partial charge in [0.05, 0.1) is 4.90 Å². The van der Waals surface area contributed by atoms with E-state index in [1.54, 1.807) is 12.1 Å². The van der Waals surface area contributed by atoms with Gasteiger partial charge in [-0.15, -0.1) is 0 Å². The third-order valence-corrected chi connectivity index (χ3v) is 8.33. The summed E-state index contributed by atoms with van der Waals surface area (Å²) in [5.74, 6) is -1.42. The first kappa shape index (κ1) is 20.5. The molecule has 1 aliphatic rings. The van der Waals surface area contributed by atoms with Crippen LogP contribution < -0.4 is 0 Å². The molecule has 2 unspecified atom stereocenters. The molecule has 0 aliphatic heterocycles. The van der Waals surface area contributed by atoms with Gasteiger partial charge < -0.3 is 9.51 Å². The smallest absolute Gasteiger partial charge is 0.295 e. The van der Waals surface area contributed by atoms with Crippen molar-refractivity contribution in [2.24, 2.45) is 5.92 Å². The molecule has 0 bridgehead atoms. The molecular weight excluding hydrogens is 464 g/mol. The molecule has 5 rings (SSSR count). The molecule has 2 atom stereocenters. The standard InChI is InChI=1S/C21H16Cl2FN3O3S/c1-11-25-20(30-27-11)21(24,31(28,29)15-4-2-3-13(22)9-15)12-7-16-17-10-14(23)5-6-18(17)26-19(16)8-12/h2-6,9-10,12,26H,7-8H2,1H3. The van der Waals surface area contributed by atoms with Gasteiger partial charge in [0.2, 0.25) is 9.84 Å². The van der Waals surface area contributed by atoms with Gasteiger partial charge in [0.25, 0.3) is 10.9 Å². The first-order valence-electron chi connectivity index (χ1n) is 9.49. The Balaban J connectivity index is 1.66. The van der Waals surface area contributed by atoms with Crippen LogP contribution in [-0.2, 0) is 27.7 Å². The van der Waals surface area contributed by atoms with Crippen LogP contribution in [0.5, 0.6) is 0 Å². The monoisotopic (exact) mass is 479 g/mol. The van der Waals surface area contributed by atoms with E-state index in [1.165, 1.54) is 31.2 Å². The average Bonchev–Trinajstić information content (AvgIpc) is 3.42.